The summed E-state index contributed by atoms with van der Waals surface area (Å²) in [6.07, 6.45) is 0. The molecule has 96 valence electrons. The molecule has 0 aliphatic heterocycles. The van der Waals surface area contributed by atoms with E-state index >= 15 is 0 Å². The third-order valence-electron chi connectivity index (χ3n) is 2.90. The number of ether oxygens (including phenoxy) is 1. The van der Waals surface area contributed by atoms with Crippen LogP contribution in [0.3, 0.4) is 0 Å². The molecule has 1 aromatic heterocycles. The summed E-state index contributed by atoms with van der Waals surface area (Å²) in [5.41, 5.74) is 8.62. The van der Waals surface area contributed by atoms with Crippen LogP contribution < -0.4 is 15.4 Å². The first-order valence-corrected chi connectivity index (χ1v) is 6.46. The minimum Gasteiger partial charge on any atom is -0.495 e. The van der Waals surface area contributed by atoms with Crippen LogP contribution in [0.15, 0.2) is 18.2 Å². The van der Waals surface area contributed by atoms with Gasteiger partial charge in [0, 0.05) is 17.6 Å². The van der Waals surface area contributed by atoms with Crippen LogP contribution in [0.25, 0.3) is 0 Å². The van der Waals surface area contributed by atoms with Gasteiger partial charge >= 0.3 is 0 Å². The monoisotopic (exact) mass is 263 g/mol. The molecule has 4 nitrogen and oxygen atoms in total. The summed E-state index contributed by atoms with van der Waals surface area (Å²) in [6.45, 7) is 4.10. The number of hydrogen-bond donors (Lipinski definition) is 1. The van der Waals surface area contributed by atoms with Crippen molar-refractivity contribution in [3.05, 3.63) is 28.8 Å². The Morgan fingerprint density at radius 2 is 2.06 bits per heavy atom. The first-order chi connectivity index (χ1) is 8.52. The fourth-order valence-corrected chi connectivity index (χ4v) is 2.53. The molecule has 0 aliphatic rings. The van der Waals surface area contributed by atoms with Gasteiger partial charge in [-0.1, -0.05) is 0 Å². The zero-order valence-corrected chi connectivity index (χ0v) is 11.8. The molecular weight excluding hydrogens is 246 g/mol. The number of methoxy groups -OCH3 is 1. The molecule has 0 bridgehead atoms. The van der Waals surface area contributed by atoms with Crippen molar-refractivity contribution in [2.75, 3.05) is 24.8 Å². The van der Waals surface area contributed by atoms with E-state index in [1.54, 1.807) is 18.4 Å². The number of benzene rings is 1. The molecule has 1 aromatic carbocycles. The predicted molar refractivity (Wildman–Crippen MR) is 77.1 cm³/mol. The molecule has 0 spiro atoms. The van der Waals surface area contributed by atoms with E-state index in [2.05, 4.69) is 11.9 Å². The maximum atomic E-state index is 5.91. The number of thiazole rings is 1. The van der Waals surface area contributed by atoms with Crippen LogP contribution in [0.5, 0.6) is 5.75 Å². The highest BCUT2D eigenvalue weighted by Crippen LogP contribution is 2.33. The van der Waals surface area contributed by atoms with Crippen LogP contribution in [0.1, 0.15) is 10.6 Å². The van der Waals surface area contributed by atoms with E-state index in [-0.39, 0.29) is 0 Å². The largest absolute Gasteiger partial charge is 0.495 e. The van der Waals surface area contributed by atoms with Gasteiger partial charge in [-0.3, -0.25) is 0 Å². The number of nitrogens with zero attached hydrogens (tertiary/aromatic N) is 2. The first-order valence-electron chi connectivity index (χ1n) is 5.64. The molecule has 0 saturated carbocycles. The van der Waals surface area contributed by atoms with Crippen LogP contribution in [0.4, 0.5) is 16.5 Å². The highest BCUT2D eigenvalue weighted by atomic mass is 32.1. The lowest BCUT2D eigenvalue weighted by Crippen LogP contribution is -2.09. The number of anilines is 3. The molecule has 2 rings (SSSR count). The number of nitrogens with two attached hydrogens (primary N) is 1. The third-order valence-corrected chi connectivity index (χ3v) is 4.05. The van der Waals surface area contributed by atoms with Gasteiger partial charge < -0.3 is 15.4 Å². The molecule has 0 amide bonds. The third kappa shape index (κ3) is 2.26. The zero-order chi connectivity index (χ0) is 13.3. The topological polar surface area (TPSA) is 51.4 Å². The van der Waals surface area contributed by atoms with Crippen molar-refractivity contribution in [1.29, 1.82) is 0 Å². The Morgan fingerprint density at radius 1 is 1.33 bits per heavy atom. The number of aromatic nitrogens is 1. The Morgan fingerprint density at radius 3 is 2.56 bits per heavy atom. The average Bonchev–Trinajstić information content (AvgIpc) is 2.68. The summed E-state index contributed by atoms with van der Waals surface area (Å²) in [5.74, 6) is 0.693. The summed E-state index contributed by atoms with van der Waals surface area (Å²) >= 11 is 1.68. The van der Waals surface area contributed by atoms with E-state index in [9.17, 15) is 0 Å². The van der Waals surface area contributed by atoms with Gasteiger partial charge in [0.05, 0.1) is 18.5 Å². The van der Waals surface area contributed by atoms with Gasteiger partial charge in [-0.2, -0.15) is 0 Å². The number of hydrogen-bond acceptors (Lipinski definition) is 5. The number of rotatable bonds is 3. The molecule has 2 aromatic rings. The zero-order valence-electron chi connectivity index (χ0n) is 11.0. The fourth-order valence-electron chi connectivity index (χ4n) is 1.64. The Bertz CT molecular complexity index is 546. The second-order valence-electron chi connectivity index (χ2n) is 4.12. The molecule has 0 fully saturated rings. The number of aryl methyl sites for hydroxylation is 2. The minimum atomic E-state index is 0.631. The van der Waals surface area contributed by atoms with Crippen LogP contribution in [0, 0.1) is 13.8 Å². The fraction of sp³-hybridized carbons (Fsp3) is 0.308. The summed E-state index contributed by atoms with van der Waals surface area (Å²) in [6, 6.07) is 5.74. The van der Waals surface area contributed by atoms with Gasteiger partial charge in [-0.25, -0.2) is 4.98 Å². The van der Waals surface area contributed by atoms with Crippen LogP contribution in [-0.4, -0.2) is 19.1 Å². The van der Waals surface area contributed by atoms with Crippen LogP contribution in [-0.2, 0) is 0 Å². The molecule has 0 atom stereocenters. The lowest BCUT2D eigenvalue weighted by atomic mass is 10.2. The molecule has 1 heterocycles. The second kappa shape index (κ2) is 4.86. The van der Waals surface area contributed by atoms with Crippen molar-refractivity contribution in [3.63, 3.8) is 0 Å². The van der Waals surface area contributed by atoms with E-state index in [0.29, 0.717) is 11.4 Å². The van der Waals surface area contributed by atoms with Crippen molar-refractivity contribution in [1.82, 2.24) is 4.98 Å². The van der Waals surface area contributed by atoms with E-state index < -0.39 is 0 Å². The van der Waals surface area contributed by atoms with E-state index in [1.165, 1.54) is 4.88 Å². The van der Waals surface area contributed by atoms with Gasteiger partial charge in [-0.05, 0) is 32.0 Å². The summed E-state index contributed by atoms with van der Waals surface area (Å²) in [5, 5.41) is 0.967. The molecule has 18 heavy (non-hydrogen) atoms. The van der Waals surface area contributed by atoms with Gasteiger partial charge in [0.25, 0.3) is 0 Å². The molecular formula is C13H17N3OS. The van der Waals surface area contributed by atoms with Gasteiger partial charge in [0.1, 0.15) is 5.75 Å². The van der Waals surface area contributed by atoms with Crippen LogP contribution in [0.2, 0.25) is 0 Å². The predicted octanol–water partition coefficient (Wildman–Crippen LogP) is 3.12. The highest BCUT2D eigenvalue weighted by Gasteiger charge is 2.11. The highest BCUT2D eigenvalue weighted by molar-refractivity contribution is 7.15. The summed E-state index contributed by atoms with van der Waals surface area (Å²) in [7, 11) is 3.60. The molecule has 0 radical (unpaired) electrons. The smallest absolute Gasteiger partial charge is 0.190 e. The average molecular weight is 263 g/mol. The first kappa shape index (κ1) is 12.7. The maximum Gasteiger partial charge on any atom is 0.190 e. The van der Waals surface area contributed by atoms with Crippen molar-refractivity contribution in [2.45, 2.75) is 13.8 Å². The van der Waals surface area contributed by atoms with Gasteiger partial charge in [0.2, 0.25) is 0 Å². The normalized spacial score (nSPS) is 10.4. The lowest BCUT2D eigenvalue weighted by Gasteiger charge is -2.17. The van der Waals surface area contributed by atoms with Crippen molar-refractivity contribution in [3.8, 4) is 5.75 Å². The van der Waals surface area contributed by atoms with E-state index in [1.807, 2.05) is 37.1 Å². The van der Waals surface area contributed by atoms with Crippen molar-refractivity contribution in [2.24, 2.45) is 0 Å². The molecule has 5 heteroatoms. The Kier molecular flexibility index (Phi) is 3.43. The van der Waals surface area contributed by atoms with E-state index in [0.717, 1.165) is 16.5 Å². The minimum absolute atomic E-state index is 0.631. The van der Waals surface area contributed by atoms with Crippen molar-refractivity contribution < 1.29 is 4.74 Å². The van der Waals surface area contributed by atoms with Gasteiger partial charge in [-0.15, -0.1) is 11.3 Å². The summed E-state index contributed by atoms with van der Waals surface area (Å²) in [4.78, 5) is 7.79. The lowest BCUT2D eigenvalue weighted by molar-refractivity contribution is 0.417. The van der Waals surface area contributed by atoms with E-state index in [4.69, 9.17) is 10.5 Å². The maximum absolute atomic E-state index is 5.91. The second-order valence-corrected chi connectivity index (χ2v) is 5.30. The Labute approximate surface area is 111 Å². The summed E-state index contributed by atoms with van der Waals surface area (Å²) < 4.78 is 5.15. The Hall–Kier alpha value is -1.75. The molecule has 0 aliphatic carbocycles. The van der Waals surface area contributed by atoms with Crippen molar-refractivity contribution >= 4 is 27.8 Å². The standard InChI is InChI=1S/C13H17N3OS/c1-8-9(2)18-13(15-8)16(3)10-5-6-12(17-4)11(14)7-10/h5-7H,14H2,1-4H3. The Balaban J connectivity index is 2.33. The molecule has 0 unspecified atom stereocenters. The SMILES string of the molecule is COc1ccc(N(C)c2nc(C)c(C)s2)cc1N. The van der Waals surface area contributed by atoms with Crippen LogP contribution >= 0.6 is 11.3 Å². The number of nitrogen functional groups attached to an aromatic ring is 1. The molecule has 0 saturated heterocycles. The van der Waals surface area contributed by atoms with Gasteiger partial charge in [0.15, 0.2) is 5.13 Å². The quantitative estimate of drug-likeness (QED) is 0.864. The molecule has 2 N–H and O–H groups in total.